The van der Waals surface area contributed by atoms with E-state index in [2.05, 4.69) is 10.6 Å². The summed E-state index contributed by atoms with van der Waals surface area (Å²) in [5, 5.41) is 5.36. The van der Waals surface area contributed by atoms with Crippen LogP contribution in [0.1, 0.15) is 45.4 Å². The van der Waals surface area contributed by atoms with Crippen molar-refractivity contribution in [2.75, 3.05) is 13.1 Å². The average Bonchev–Trinajstić information content (AvgIpc) is 2.78. The van der Waals surface area contributed by atoms with Crippen molar-refractivity contribution in [3.8, 4) is 0 Å². The highest BCUT2D eigenvalue weighted by Crippen LogP contribution is 2.44. The van der Waals surface area contributed by atoms with E-state index in [9.17, 15) is 18.0 Å². The van der Waals surface area contributed by atoms with E-state index in [0.717, 1.165) is 32.1 Å². The first-order chi connectivity index (χ1) is 8.79. The molecule has 3 nitrogen and oxygen atoms in total. The number of nitrogens with one attached hydrogen (secondary N) is 2. The summed E-state index contributed by atoms with van der Waals surface area (Å²) in [6.07, 6.45) is -0.107. The van der Waals surface area contributed by atoms with Gasteiger partial charge >= 0.3 is 6.18 Å². The summed E-state index contributed by atoms with van der Waals surface area (Å²) < 4.78 is 39.7. The zero-order chi connectivity index (χ0) is 14.1. The molecule has 0 aromatic carbocycles. The van der Waals surface area contributed by atoms with Crippen LogP contribution < -0.4 is 10.6 Å². The lowest BCUT2D eigenvalue weighted by Gasteiger charge is -2.38. The van der Waals surface area contributed by atoms with Crippen LogP contribution in [0, 0.1) is 5.41 Å². The second kappa shape index (κ2) is 4.96. The smallest absolute Gasteiger partial charge is 0.350 e. The van der Waals surface area contributed by atoms with Gasteiger partial charge in [-0.1, -0.05) is 19.3 Å². The Morgan fingerprint density at radius 3 is 2.26 bits per heavy atom. The molecule has 0 aromatic heterocycles. The average molecular weight is 278 g/mol. The number of rotatable bonds is 2. The third kappa shape index (κ3) is 2.73. The Hall–Kier alpha value is -0.780. The predicted octanol–water partition coefficient (Wildman–Crippen LogP) is 2.37. The van der Waals surface area contributed by atoms with Crippen LogP contribution in [0.15, 0.2) is 0 Å². The summed E-state index contributed by atoms with van der Waals surface area (Å²) in [6.45, 7) is 1.79. The van der Waals surface area contributed by atoms with E-state index < -0.39 is 23.0 Å². The molecular formula is C13H21F3N2O. The highest BCUT2D eigenvalue weighted by atomic mass is 19.4. The molecular weight excluding hydrogens is 257 g/mol. The van der Waals surface area contributed by atoms with Crippen molar-refractivity contribution in [2.45, 2.75) is 57.2 Å². The molecule has 2 N–H and O–H groups in total. The number of alkyl halides is 3. The molecule has 1 unspecified atom stereocenters. The first-order valence-electron chi connectivity index (χ1n) is 6.89. The van der Waals surface area contributed by atoms with E-state index in [1.165, 1.54) is 0 Å². The highest BCUT2D eigenvalue weighted by molar-refractivity contribution is 5.85. The first-order valence-corrected chi connectivity index (χ1v) is 6.89. The van der Waals surface area contributed by atoms with Crippen molar-refractivity contribution in [1.29, 1.82) is 0 Å². The second-order valence-electron chi connectivity index (χ2n) is 6.08. The Kier molecular flexibility index (Phi) is 3.82. The summed E-state index contributed by atoms with van der Waals surface area (Å²) in [6, 6.07) is 0. The molecule has 2 fully saturated rings. The van der Waals surface area contributed by atoms with Crippen LogP contribution in [0.5, 0.6) is 0 Å². The minimum atomic E-state index is -4.49. The Morgan fingerprint density at radius 1 is 1.16 bits per heavy atom. The highest BCUT2D eigenvalue weighted by Gasteiger charge is 2.61. The molecule has 1 amide bonds. The number of amides is 1. The van der Waals surface area contributed by atoms with Gasteiger partial charge in [-0.3, -0.25) is 4.79 Å². The van der Waals surface area contributed by atoms with E-state index in [-0.39, 0.29) is 19.5 Å². The van der Waals surface area contributed by atoms with Crippen molar-refractivity contribution in [1.82, 2.24) is 10.6 Å². The number of carbonyl (C=O) groups excluding carboxylic acids is 1. The maximum Gasteiger partial charge on any atom is 0.404 e. The second-order valence-corrected chi connectivity index (χ2v) is 6.08. The van der Waals surface area contributed by atoms with Crippen molar-refractivity contribution >= 4 is 5.91 Å². The van der Waals surface area contributed by atoms with Gasteiger partial charge in [0.1, 0.15) is 0 Å². The van der Waals surface area contributed by atoms with Crippen LogP contribution >= 0.6 is 0 Å². The van der Waals surface area contributed by atoms with Crippen molar-refractivity contribution < 1.29 is 18.0 Å². The standard InChI is InChI=1S/C13H21F3N2O/c1-11(5-3-2-4-6-11)18-10(19)12(13(14,15)16)7-8-17-9-12/h17H,2-9H2,1H3,(H,18,19). The summed E-state index contributed by atoms with van der Waals surface area (Å²) in [5.74, 6) is -0.852. The third-order valence-electron chi connectivity index (χ3n) is 4.51. The first kappa shape index (κ1) is 14.6. The van der Waals surface area contributed by atoms with Crippen LogP contribution in [0.4, 0.5) is 13.2 Å². The van der Waals surface area contributed by atoms with Crippen LogP contribution in [-0.4, -0.2) is 30.7 Å². The number of hydrogen-bond acceptors (Lipinski definition) is 2. The van der Waals surface area contributed by atoms with Gasteiger partial charge in [0.15, 0.2) is 5.41 Å². The topological polar surface area (TPSA) is 41.1 Å². The van der Waals surface area contributed by atoms with E-state index in [1.807, 2.05) is 6.92 Å². The van der Waals surface area contributed by atoms with Crippen molar-refractivity contribution in [2.24, 2.45) is 5.41 Å². The lowest BCUT2D eigenvalue weighted by atomic mass is 9.80. The molecule has 1 saturated carbocycles. The summed E-state index contributed by atoms with van der Waals surface area (Å²) >= 11 is 0. The molecule has 0 spiro atoms. The van der Waals surface area contributed by atoms with Gasteiger partial charge in [-0.05, 0) is 32.7 Å². The molecule has 0 radical (unpaired) electrons. The van der Waals surface area contributed by atoms with E-state index in [4.69, 9.17) is 0 Å². The van der Waals surface area contributed by atoms with Gasteiger partial charge in [-0.2, -0.15) is 13.2 Å². The molecule has 2 rings (SSSR count). The van der Waals surface area contributed by atoms with Gasteiger partial charge in [0, 0.05) is 12.1 Å². The fourth-order valence-corrected chi connectivity index (χ4v) is 3.11. The summed E-state index contributed by atoms with van der Waals surface area (Å²) in [7, 11) is 0. The molecule has 1 aliphatic carbocycles. The molecule has 6 heteroatoms. The molecule has 0 bridgehead atoms. The number of halogens is 3. The molecule has 19 heavy (non-hydrogen) atoms. The van der Waals surface area contributed by atoms with E-state index in [1.54, 1.807) is 0 Å². The zero-order valence-corrected chi connectivity index (χ0v) is 11.2. The van der Waals surface area contributed by atoms with Crippen molar-refractivity contribution in [3.63, 3.8) is 0 Å². The van der Waals surface area contributed by atoms with Crippen molar-refractivity contribution in [3.05, 3.63) is 0 Å². The van der Waals surface area contributed by atoms with Crippen LogP contribution in [0.3, 0.4) is 0 Å². The van der Waals surface area contributed by atoms with Crippen LogP contribution in [0.25, 0.3) is 0 Å². The maximum atomic E-state index is 13.2. The lowest BCUT2D eigenvalue weighted by molar-refractivity contribution is -0.217. The van der Waals surface area contributed by atoms with Crippen LogP contribution in [-0.2, 0) is 4.79 Å². The predicted molar refractivity (Wildman–Crippen MR) is 65.6 cm³/mol. The molecule has 1 aliphatic heterocycles. The van der Waals surface area contributed by atoms with Gasteiger partial charge in [-0.25, -0.2) is 0 Å². The van der Waals surface area contributed by atoms with Gasteiger partial charge < -0.3 is 10.6 Å². The van der Waals surface area contributed by atoms with Crippen LogP contribution in [0.2, 0.25) is 0 Å². The maximum absolute atomic E-state index is 13.2. The lowest BCUT2D eigenvalue weighted by Crippen LogP contribution is -2.58. The van der Waals surface area contributed by atoms with Gasteiger partial charge in [0.25, 0.3) is 0 Å². The molecule has 110 valence electrons. The SMILES string of the molecule is CC1(NC(=O)C2(C(F)(F)F)CCNC2)CCCCC1. The summed E-state index contributed by atoms with van der Waals surface area (Å²) in [5.41, 5.74) is -2.72. The Morgan fingerprint density at radius 2 is 1.79 bits per heavy atom. The van der Waals surface area contributed by atoms with E-state index in [0.29, 0.717) is 0 Å². The van der Waals surface area contributed by atoms with E-state index >= 15 is 0 Å². The fraction of sp³-hybridized carbons (Fsp3) is 0.923. The molecule has 2 aliphatic rings. The summed E-state index contributed by atoms with van der Waals surface area (Å²) in [4.78, 5) is 12.2. The zero-order valence-electron chi connectivity index (χ0n) is 11.2. The quantitative estimate of drug-likeness (QED) is 0.814. The molecule has 1 atom stereocenters. The minimum Gasteiger partial charge on any atom is -0.350 e. The minimum absolute atomic E-state index is 0.168. The Balaban J connectivity index is 2.12. The molecule has 0 aromatic rings. The van der Waals surface area contributed by atoms with Gasteiger partial charge in [0.2, 0.25) is 5.91 Å². The molecule has 1 heterocycles. The van der Waals surface area contributed by atoms with Gasteiger partial charge in [0.05, 0.1) is 0 Å². The van der Waals surface area contributed by atoms with Gasteiger partial charge in [-0.15, -0.1) is 0 Å². The third-order valence-corrected chi connectivity index (χ3v) is 4.51. The monoisotopic (exact) mass is 278 g/mol. The largest absolute Gasteiger partial charge is 0.404 e. The molecule has 1 saturated heterocycles. The normalized spacial score (nSPS) is 31.2. The fourth-order valence-electron chi connectivity index (χ4n) is 3.11. The Bertz CT molecular complexity index is 342. The number of carbonyl (C=O) groups is 1. The number of hydrogen-bond donors (Lipinski definition) is 2. The Labute approximate surface area is 111 Å².